The second-order valence-corrected chi connectivity index (χ2v) is 4.96. The predicted octanol–water partition coefficient (Wildman–Crippen LogP) is 3.71. The average molecular weight is 250 g/mol. The highest BCUT2D eigenvalue weighted by Crippen LogP contribution is 2.22. The summed E-state index contributed by atoms with van der Waals surface area (Å²) in [5, 5.41) is 3.36. The molecule has 0 aliphatic heterocycles. The number of rotatable bonds is 8. The van der Waals surface area contributed by atoms with E-state index in [4.69, 9.17) is 4.74 Å². The van der Waals surface area contributed by atoms with Gasteiger partial charge < -0.3 is 10.1 Å². The smallest absolute Gasteiger partial charge is 0.138 e. The SMILES string of the molecule is CCCCCC(NC)c1cncc(OC(C)C)c1. The summed E-state index contributed by atoms with van der Waals surface area (Å²) in [5.74, 6) is 0.859. The van der Waals surface area contributed by atoms with Gasteiger partial charge in [-0.05, 0) is 38.9 Å². The van der Waals surface area contributed by atoms with Crippen LogP contribution >= 0.6 is 0 Å². The molecule has 102 valence electrons. The van der Waals surface area contributed by atoms with Crippen LogP contribution in [-0.2, 0) is 0 Å². The van der Waals surface area contributed by atoms with Gasteiger partial charge in [-0.2, -0.15) is 0 Å². The first-order chi connectivity index (χ1) is 8.67. The Morgan fingerprint density at radius 3 is 2.67 bits per heavy atom. The Kier molecular flexibility index (Phi) is 6.73. The number of nitrogens with zero attached hydrogens (tertiary/aromatic N) is 1. The van der Waals surface area contributed by atoms with E-state index in [9.17, 15) is 0 Å². The lowest BCUT2D eigenvalue weighted by Gasteiger charge is -2.17. The predicted molar refractivity (Wildman–Crippen MR) is 75.9 cm³/mol. The molecule has 18 heavy (non-hydrogen) atoms. The third-order valence-corrected chi connectivity index (χ3v) is 2.95. The lowest BCUT2D eigenvalue weighted by atomic mass is 10.0. The third kappa shape index (κ3) is 5.05. The maximum atomic E-state index is 5.68. The fraction of sp³-hybridized carbons (Fsp3) is 0.667. The molecule has 1 aromatic heterocycles. The van der Waals surface area contributed by atoms with Gasteiger partial charge in [-0.3, -0.25) is 4.98 Å². The molecule has 0 bridgehead atoms. The maximum Gasteiger partial charge on any atom is 0.138 e. The molecule has 0 aliphatic rings. The number of nitrogens with one attached hydrogen (secondary N) is 1. The summed E-state index contributed by atoms with van der Waals surface area (Å²) in [7, 11) is 2.01. The summed E-state index contributed by atoms with van der Waals surface area (Å²) < 4.78 is 5.68. The van der Waals surface area contributed by atoms with E-state index in [1.807, 2.05) is 27.1 Å². The molecule has 0 saturated carbocycles. The Bertz CT molecular complexity index is 339. The summed E-state index contributed by atoms with van der Waals surface area (Å²) in [6, 6.07) is 2.47. The summed E-state index contributed by atoms with van der Waals surface area (Å²) in [6.07, 6.45) is 8.84. The minimum atomic E-state index is 0.190. The van der Waals surface area contributed by atoms with Crippen LogP contribution < -0.4 is 10.1 Å². The zero-order valence-electron chi connectivity index (χ0n) is 12.1. The Morgan fingerprint density at radius 2 is 2.06 bits per heavy atom. The molecule has 1 atom stereocenters. The van der Waals surface area contributed by atoms with Gasteiger partial charge in [-0.1, -0.05) is 26.2 Å². The minimum absolute atomic E-state index is 0.190. The molecule has 0 aliphatic carbocycles. The molecule has 1 rings (SSSR count). The first-order valence-corrected chi connectivity index (χ1v) is 6.96. The number of hydrogen-bond acceptors (Lipinski definition) is 3. The molecule has 0 saturated heterocycles. The van der Waals surface area contributed by atoms with Crippen LogP contribution in [0.4, 0.5) is 0 Å². The van der Waals surface area contributed by atoms with Crippen LogP contribution in [0.1, 0.15) is 58.1 Å². The van der Waals surface area contributed by atoms with Gasteiger partial charge in [-0.15, -0.1) is 0 Å². The Balaban J connectivity index is 2.66. The van der Waals surface area contributed by atoms with Crippen LogP contribution in [0.3, 0.4) is 0 Å². The summed E-state index contributed by atoms with van der Waals surface area (Å²) in [4.78, 5) is 4.27. The standard InChI is InChI=1S/C15H26N2O/c1-5-6-7-8-15(16-4)13-9-14(11-17-10-13)18-12(2)3/h9-12,15-16H,5-8H2,1-4H3. The minimum Gasteiger partial charge on any atom is -0.489 e. The second kappa shape index (κ2) is 8.09. The fourth-order valence-electron chi connectivity index (χ4n) is 2.04. The molecule has 0 amide bonds. The van der Waals surface area contributed by atoms with Gasteiger partial charge in [0, 0.05) is 12.2 Å². The van der Waals surface area contributed by atoms with Gasteiger partial charge in [0.05, 0.1) is 12.3 Å². The lowest BCUT2D eigenvalue weighted by molar-refractivity contribution is 0.241. The van der Waals surface area contributed by atoms with E-state index in [1.54, 1.807) is 6.20 Å². The molecular weight excluding hydrogens is 224 g/mol. The van der Waals surface area contributed by atoms with Crippen molar-refractivity contribution < 1.29 is 4.74 Å². The normalized spacial score (nSPS) is 12.7. The zero-order chi connectivity index (χ0) is 13.4. The molecule has 0 aromatic carbocycles. The maximum absolute atomic E-state index is 5.68. The van der Waals surface area contributed by atoms with E-state index in [1.165, 1.54) is 24.8 Å². The van der Waals surface area contributed by atoms with Gasteiger partial charge in [-0.25, -0.2) is 0 Å². The molecule has 1 aromatic rings. The summed E-state index contributed by atoms with van der Waals surface area (Å²) >= 11 is 0. The van der Waals surface area contributed by atoms with Gasteiger partial charge in [0.2, 0.25) is 0 Å². The van der Waals surface area contributed by atoms with Crippen LogP contribution in [0.2, 0.25) is 0 Å². The molecular formula is C15H26N2O. The third-order valence-electron chi connectivity index (χ3n) is 2.95. The van der Waals surface area contributed by atoms with Crippen molar-refractivity contribution in [3.05, 3.63) is 24.0 Å². The van der Waals surface area contributed by atoms with Crippen molar-refractivity contribution >= 4 is 0 Å². The molecule has 0 radical (unpaired) electrons. The van der Waals surface area contributed by atoms with Crippen LogP contribution in [0.15, 0.2) is 18.5 Å². The van der Waals surface area contributed by atoms with Crippen LogP contribution in [0.5, 0.6) is 5.75 Å². The molecule has 1 unspecified atom stereocenters. The highest BCUT2D eigenvalue weighted by molar-refractivity contribution is 5.26. The van der Waals surface area contributed by atoms with Gasteiger partial charge in [0.1, 0.15) is 5.75 Å². The van der Waals surface area contributed by atoms with Crippen molar-refractivity contribution in [3.8, 4) is 5.75 Å². The van der Waals surface area contributed by atoms with Gasteiger partial charge >= 0.3 is 0 Å². The number of pyridine rings is 1. The summed E-state index contributed by atoms with van der Waals surface area (Å²) in [5.41, 5.74) is 1.21. The van der Waals surface area contributed by atoms with E-state index >= 15 is 0 Å². The van der Waals surface area contributed by atoms with Crippen LogP contribution in [0, 0.1) is 0 Å². The van der Waals surface area contributed by atoms with Crippen molar-refractivity contribution in [1.29, 1.82) is 0 Å². The second-order valence-electron chi connectivity index (χ2n) is 4.96. The number of hydrogen-bond donors (Lipinski definition) is 1. The Morgan fingerprint density at radius 1 is 1.28 bits per heavy atom. The largest absolute Gasteiger partial charge is 0.489 e. The molecule has 1 N–H and O–H groups in total. The first kappa shape index (κ1) is 15.0. The van der Waals surface area contributed by atoms with Crippen molar-refractivity contribution in [3.63, 3.8) is 0 Å². The molecule has 3 heteroatoms. The number of unbranched alkanes of at least 4 members (excludes halogenated alkanes) is 2. The van der Waals surface area contributed by atoms with E-state index < -0.39 is 0 Å². The Hall–Kier alpha value is -1.09. The van der Waals surface area contributed by atoms with Gasteiger partial charge in [0.25, 0.3) is 0 Å². The molecule has 0 fully saturated rings. The monoisotopic (exact) mass is 250 g/mol. The topological polar surface area (TPSA) is 34.2 Å². The van der Waals surface area contributed by atoms with Crippen LogP contribution in [-0.4, -0.2) is 18.1 Å². The molecule has 3 nitrogen and oxygen atoms in total. The van der Waals surface area contributed by atoms with Crippen molar-refractivity contribution in [1.82, 2.24) is 10.3 Å². The van der Waals surface area contributed by atoms with Gasteiger partial charge in [0.15, 0.2) is 0 Å². The zero-order valence-corrected chi connectivity index (χ0v) is 12.1. The number of ether oxygens (including phenoxy) is 1. The first-order valence-electron chi connectivity index (χ1n) is 6.96. The highest BCUT2D eigenvalue weighted by Gasteiger charge is 2.10. The highest BCUT2D eigenvalue weighted by atomic mass is 16.5. The van der Waals surface area contributed by atoms with Crippen molar-refractivity contribution in [2.45, 2.75) is 58.6 Å². The van der Waals surface area contributed by atoms with E-state index in [2.05, 4.69) is 23.3 Å². The van der Waals surface area contributed by atoms with E-state index in [-0.39, 0.29) is 6.10 Å². The molecule has 1 heterocycles. The lowest BCUT2D eigenvalue weighted by Crippen LogP contribution is -2.17. The summed E-state index contributed by atoms with van der Waals surface area (Å²) in [6.45, 7) is 6.29. The quantitative estimate of drug-likeness (QED) is 0.714. The Labute approximate surface area is 111 Å². The molecule has 0 spiro atoms. The van der Waals surface area contributed by atoms with E-state index in [0.717, 1.165) is 12.2 Å². The average Bonchev–Trinajstić information content (AvgIpc) is 2.34. The fourth-order valence-corrected chi connectivity index (χ4v) is 2.04. The number of aromatic nitrogens is 1. The van der Waals surface area contributed by atoms with E-state index in [0.29, 0.717) is 6.04 Å². The van der Waals surface area contributed by atoms with Crippen molar-refractivity contribution in [2.75, 3.05) is 7.05 Å². The van der Waals surface area contributed by atoms with Crippen molar-refractivity contribution in [2.24, 2.45) is 0 Å². The van der Waals surface area contributed by atoms with Crippen LogP contribution in [0.25, 0.3) is 0 Å².